The number of unbranched alkanes of at least 4 members (excludes halogenated alkanes) is 14. The van der Waals surface area contributed by atoms with Crippen LogP contribution in [0.5, 0.6) is 0 Å². The van der Waals surface area contributed by atoms with Gasteiger partial charge in [0, 0.05) is 19.4 Å². The molecule has 0 aromatic heterocycles. The fraction of sp³-hybridized carbons (Fsp3) is 0.744. The number of hydrogen-bond acceptors (Lipinski definition) is 7. The van der Waals surface area contributed by atoms with Crippen molar-refractivity contribution in [3.63, 3.8) is 0 Å². The van der Waals surface area contributed by atoms with E-state index in [2.05, 4.69) is 67.8 Å². The van der Waals surface area contributed by atoms with Gasteiger partial charge in [0.2, 0.25) is 5.91 Å². The van der Waals surface area contributed by atoms with E-state index in [1.54, 1.807) is 0 Å². The zero-order valence-electron chi connectivity index (χ0n) is 30.9. The number of aliphatic hydroxyl groups is 1. The summed E-state index contributed by atoms with van der Waals surface area (Å²) < 4.78 is 26.7. The summed E-state index contributed by atoms with van der Waals surface area (Å²) >= 11 is 0. The van der Waals surface area contributed by atoms with E-state index >= 15 is 0 Å². The zero-order chi connectivity index (χ0) is 36.1. The van der Waals surface area contributed by atoms with Crippen LogP contribution in [0.25, 0.3) is 0 Å². The predicted octanol–water partition coefficient (Wildman–Crippen LogP) is 9.99. The molecule has 0 heterocycles. The van der Waals surface area contributed by atoms with E-state index in [-0.39, 0.29) is 32.1 Å². The van der Waals surface area contributed by atoms with Crippen molar-refractivity contribution in [3.05, 3.63) is 48.6 Å². The van der Waals surface area contributed by atoms with Gasteiger partial charge in [-0.2, -0.15) is 0 Å². The maximum absolute atomic E-state index is 12.0. The minimum Gasteiger partial charge on any atom is -0.463 e. The third-order valence-corrected chi connectivity index (χ3v) is 8.75. The van der Waals surface area contributed by atoms with E-state index < -0.39 is 26.5 Å². The second-order valence-corrected chi connectivity index (χ2v) is 14.0. The Bertz CT molecular complexity index is 949. The molecule has 0 fully saturated rings. The Hall–Kier alpha value is -2.03. The van der Waals surface area contributed by atoms with Crippen LogP contribution in [0.1, 0.15) is 155 Å². The number of amides is 1. The number of nitrogens with one attached hydrogen (secondary N) is 1. The SMILES string of the molecule is CCCCC/C=C\C/C=C\C/C=C\C/C=C\CCCCCC(=O)OCC(O)COP(=O)(O)OCCNC(=O)CCCCCCCCCCC. The first kappa shape index (κ1) is 47.0. The highest BCUT2D eigenvalue weighted by molar-refractivity contribution is 7.47. The average molecular weight is 712 g/mol. The maximum Gasteiger partial charge on any atom is 0.472 e. The van der Waals surface area contributed by atoms with Crippen molar-refractivity contribution in [3.8, 4) is 0 Å². The molecule has 0 aliphatic carbocycles. The lowest BCUT2D eigenvalue weighted by Crippen LogP contribution is -2.27. The Morgan fingerprint density at radius 3 is 1.69 bits per heavy atom. The maximum atomic E-state index is 12.0. The second-order valence-electron chi connectivity index (χ2n) is 12.6. The number of carbonyl (C=O) groups is 2. The molecule has 9 nitrogen and oxygen atoms in total. The number of ether oxygens (including phenoxy) is 1. The molecule has 3 N–H and O–H groups in total. The van der Waals surface area contributed by atoms with Crippen LogP contribution in [0, 0.1) is 0 Å². The summed E-state index contributed by atoms with van der Waals surface area (Å²) in [7, 11) is -4.41. The average Bonchev–Trinajstić information content (AvgIpc) is 3.08. The molecule has 49 heavy (non-hydrogen) atoms. The van der Waals surface area contributed by atoms with Crippen molar-refractivity contribution in [1.29, 1.82) is 0 Å². The highest BCUT2D eigenvalue weighted by atomic mass is 31.2. The van der Waals surface area contributed by atoms with Gasteiger partial charge in [0.05, 0.1) is 13.2 Å². The number of carbonyl (C=O) groups excluding carboxylic acids is 2. The smallest absolute Gasteiger partial charge is 0.463 e. The molecule has 0 aliphatic heterocycles. The normalized spacial score (nSPS) is 14.0. The molecule has 284 valence electrons. The Labute approximate surface area is 298 Å². The van der Waals surface area contributed by atoms with Crippen molar-refractivity contribution < 1.29 is 37.9 Å². The molecule has 0 saturated heterocycles. The second kappa shape index (κ2) is 35.8. The molecule has 0 aliphatic rings. The molecular formula is C39H70NO8P. The summed E-state index contributed by atoms with van der Waals surface area (Å²) in [4.78, 5) is 33.7. The zero-order valence-corrected chi connectivity index (χ0v) is 31.8. The summed E-state index contributed by atoms with van der Waals surface area (Å²) in [5, 5.41) is 12.6. The standard InChI is InChI=1S/C39H70NO8P/c1-3-5-7-9-11-13-14-15-16-17-18-19-20-21-22-24-26-28-30-32-39(43)46-35-37(41)36-48-49(44,45)47-34-33-40-38(42)31-29-27-25-23-12-10-8-6-4-2/h11,13,15-16,18-19,21-22,37,41H,3-10,12,14,17,20,23-36H2,1-2H3,(H,40,42)(H,44,45)/b13-11-,16-15-,19-18-,22-21-. The molecule has 0 spiro atoms. The predicted molar refractivity (Wildman–Crippen MR) is 201 cm³/mol. The molecule has 10 heteroatoms. The first-order chi connectivity index (χ1) is 23.8. The van der Waals surface area contributed by atoms with Gasteiger partial charge in [0.15, 0.2) is 0 Å². The van der Waals surface area contributed by atoms with Crippen LogP contribution in [0.4, 0.5) is 0 Å². The van der Waals surface area contributed by atoms with Gasteiger partial charge in [-0.25, -0.2) is 4.57 Å². The Balaban J connectivity index is 3.70. The van der Waals surface area contributed by atoms with Gasteiger partial charge in [-0.05, 0) is 57.8 Å². The number of allylic oxidation sites excluding steroid dienone is 8. The molecule has 0 saturated carbocycles. The fourth-order valence-corrected chi connectivity index (χ4v) is 5.59. The summed E-state index contributed by atoms with van der Waals surface area (Å²) in [5.41, 5.74) is 0. The van der Waals surface area contributed by atoms with Crippen LogP contribution < -0.4 is 5.32 Å². The van der Waals surface area contributed by atoms with Gasteiger partial charge in [-0.3, -0.25) is 18.6 Å². The number of rotatable bonds is 35. The van der Waals surface area contributed by atoms with Crippen molar-refractivity contribution in [2.75, 3.05) is 26.4 Å². The molecule has 1 amide bonds. The molecule has 2 unspecified atom stereocenters. The first-order valence-corrected chi connectivity index (χ1v) is 20.6. The Morgan fingerprint density at radius 2 is 1.10 bits per heavy atom. The summed E-state index contributed by atoms with van der Waals surface area (Å²) in [6, 6.07) is 0. The minimum absolute atomic E-state index is 0.0773. The monoisotopic (exact) mass is 711 g/mol. The van der Waals surface area contributed by atoms with Crippen LogP contribution in [0.3, 0.4) is 0 Å². The summed E-state index contributed by atoms with van der Waals surface area (Å²) in [5.74, 6) is -0.553. The summed E-state index contributed by atoms with van der Waals surface area (Å²) in [6.07, 6.45) is 39.0. The Morgan fingerprint density at radius 1 is 0.633 bits per heavy atom. The third-order valence-electron chi connectivity index (χ3n) is 7.76. The van der Waals surface area contributed by atoms with Gasteiger partial charge in [-0.1, -0.05) is 133 Å². The molecule has 2 atom stereocenters. The van der Waals surface area contributed by atoms with Crippen LogP contribution in [0.2, 0.25) is 0 Å². The molecule has 0 bridgehead atoms. The molecule has 0 radical (unpaired) electrons. The lowest BCUT2D eigenvalue weighted by molar-refractivity contribution is -0.147. The van der Waals surface area contributed by atoms with Gasteiger partial charge < -0.3 is 20.1 Å². The molecule has 0 aromatic carbocycles. The molecule has 0 aromatic rings. The highest BCUT2D eigenvalue weighted by Crippen LogP contribution is 2.42. The van der Waals surface area contributed by atoms with Gasteiger partial charge >= 0.3 is 13.8 Å². The topological polar surface area (TPSA) is 131 Å². The van der Waals surface area contributed by atoms with E-state index in [1.807, 2.05) is 0 Å². The number of hydrogen-bond donors (Lipinski definition) is 3. The summed E-state index contributed by atoms with van der Waals surface area (Å²) in [6.45, 7) is 3.44. The van der Waals surface area contributed by atoms with E-state index in [0.717, 1.165) is 57.8 Å². The van der Waals surface area contributed by atoms with Gasteiger partial charge in [0.25, 0.3) is 0 Å². The lowest BCUT2D eigenvalue weighted by atomic mass is 10.1. The van der Waals surface area contributed by atoms with E-state index in [4.69, 9.17) is 13.8 Å². The minimum atomic E-state index is -4.41. The van der Waals surface area contributed by atoms with Crippen molar-refractivity contribution in [1.82, 2.24) is 5.32 Å². The van der Waals surface area contributed by atoms with Gasteiger partial charge in [0.1, 0.15) is 12.7 Å². The van der Waals surface area contributed by atoms with E-state index in [1.165, 1.54) is 64.2 Å². The molecular weight excluding hydrogens is 641 g/mol. The van der Waals surface area contributed by atoms with E-state index in [0.29, 0.717) is 12.8 Å². The largest absolute Gasteiger partial charge is 0.472 e. The van der Waals surface area contributed by atoms with Crippen LogP contribution in [-0.2, 0) is 27.9 Å². The van der Waals surface area contributed by atoms with Crippen molar-refractivity contribution in [2.24, 2.45) is 0 Å². The fourth-order valence-electron chi connectivity index (χ4n) is 4.83. The number of phosphoric acid groups is 1. The highest BCUT2D eigenvalue weighted by Gasteiger charge is 2.23. The quantitative estimate of drug-likeness (QED) is 0.0256. The number of aliphatic hydroxyl groups excluding tert-OH is 1. The van der Waals surface area contributed by atoms with Crippen LogP contribution in [-0.4, -0.2) is 54.3 Å². The van der Waals surface area contributed by atoms with Crippen LogP contribution in [0.15, 0.2) is 48.6 Å². The van der Waals surface area contributed by atoms with Gasteiger partial charge in [-0.15, -0.1) is 0 Å². The van der Waals surface area contributed by atoms with E-state index in [9.17, 15) is 24.2 Å². The lowest BCUT2D eigenvalue weighted by Gasteiger charge is -2.15. The van der Waals surface area contributed by atoms with Crippen molar-refractivity contribution in [2.45, 2.75) is 161 Å². The van der Waals surface area contributed by atoms with Crippen molar-refractivity contribution >= 4 is 19.7 Å². The third kappa shape index (κ3) is 37.1. The number of phosphoric ester groups is 1. The Kier molecular flexibility index (Phi) is 34.3. The van der Waals surface area contributed by atoms with Crippen LogP contribution >= 0.6 is 7.82 Å². The molecule has 0 rings (SSSR count). The first-order valence-electron chi connectivity index (χ1n) is 19.1. The number of esters is 1.